The molecule has 0 saturated carbocycles. The van der Waals surface area contributed by atoms with E-state index in [2.05, 4.69) is 20.9 Å². The zero-order valence-corrected chi connectivity index (χ0v) is 21.9. The number of benzene rings is 1. The molecular formula is C26H43N7O3. The first-order chi connectivity index (χ1) is 17.0. The van der Waals surface area contributed by atoms with Gasteiger partial charge in [0, 0.05) is 25.2 Å². The number of amides is 3. The van der Waals surface area contributed by atoms with E-state index < -0.39 is 18.0 Å². The standard InChI is InChI=1S/C26H43N7O3/c1-17(2)15-21(32-24(35)20(27)11-8-14-30-26(28)29)25(36)33-22(18(3)4)16-31-23(34)13-12-19-9-6-5-7-10-19/h5-7,9-10,12-13,17-18,20-22H,8,11,14-16,27H2,1-4H3,(H,31,34)(H,32,35)(H,33,36)(H4,28,29,30)/t20-,21-,22+/m0/s1. The van der Waals surface area contributed by atoms with Gasteiger partial charge in [-0.1, -0.05) is 58.0 Å². The second-order valence-corrected chi connectivity index (χ2v) is 9.59. The molecule has 10 nitrogen and oxygen atoms in total. The molecule has 0 unspecified atom stereocenters. The van der Waals surface area contributed by atoms with E-state index in [0.717, 1.165) is 5.56 Å². The van der Waals surface area contributed by atoms with Gasteiger partial charge >= 0.3 is 0 Å². The van der Waals surface area contributed by atoms with Gasteiger partial charge in [0.25, 0.3) is 0 Å². The lowest BCUT2D eigenvalue weighted by atomic mass is 9.99. The maximum atomic E-state index is 13.1. The van der Waals surface area contributed by atoms with Gasteiger partial charge in [0.2, 0.25) is 17.7 Å². The van der Waals surface area contributed by atoms with Gasteiger partial charge in [-0.2, -0.15) is 0 Å². The fraction of sp³-hybridized carbons (Fsp3) is 0.538. The van der Waals surface area contributed by atoms with Crippen LogP contribution in [0.4, 0.5) is 0 Å². The molecule has 0 aliphatic heterocycles. The van der Waals surface area contributed by atoms with Crippen LogP contribution < -0.4 is 33.2 Å². The number of aliphatic imine (C=N–C) groups is 1. The molecule has 200 valence electrons. The number of nitrogens with two attached hydrogens (primary N) is 3. The minimum absolute atomic E-state index is 0.00944. The fourth-order valence-corrected chi connectivity index (χ4v) is 3.37. The number of carbonyl (C=O) groups is 3. The van der Waals surface area contributed by atoms with Crippen LogP contribution >= 0.6 is 0 Å². The number of guanidine groups is 1. The predicted molar refractivity (Wildman–Crippen MR) is 145 cm³/mol. The topological polar surface area (TPSA) is 178 Å². The number of carbonyl (C=O) groups excluding carboxylic acids is 3. The molecule has 1 aromatic carbocycles. The number of nitrogens with zero attached hydrogens (tertiary/aromatic N) is 1. The summed E-state index contributed by atoms with van der Waals surface area (Å²) in [6.07, 6.45) is 4.57. The molecule has 0 spiro atoms. The van der Waals surface area contributed by atoms with Gasteiger partial charge in [0.15, 0.2) is 5.96 Å². The molecule has 0 fully saturated rings. The molecule has 0 saturated heterocycles. The molecule has 36 heavy (non-hydrogen) atoms. The Morgan fingerprint density at radius 2 is 1.67 bits per heavy atom. The SMILES string of the molecule is CC(C)C[C@H](NC(=O)[C@@H](N)CCCN=C(N)N)C(=O)N[C@H](CNC(=O)C=Cc1ccccc1)C(C)C. The van der Waals surface area contributed by atoms with Crippen molar-refractivity contribution < 1.29 is 14.4 Å². The van der Waals surface area contributed by atoms with Gasteiger partial charge in [-0.3, -0.25) is 19.4 Å². The van der Waals surface area contributed by atoms with Crippen LogP contribution in [0, 0.1) is 11.8 Å². The molecule has 0 aliphatic carbocycles. The summed E-state index contributed by atoms with van der Waals surface area (Å²) in [4.78, 5) is 41.9. The van der Waals surface area contributed by atoms with E-state index in [-0.39, 0.29) is 42.2 Å². The first kappa shape index (κ1) is 30.6. The molecule has 0 aliphatic rings. The summed E-state index contributed by atoms with van der Waals surface area (Å²) in [7, 11) is 0. The monoisotopic (exact) mass is 501 g/mol. The quantitative estimate of drug-likeness (QED) is 0.0898. The van der Waals surface area contributed by atoms with Crippen LogP contribution in [0.25, 0.3) is 6.08 Å². The molecule has 0 aromatic heterocycles. The maximum absolute atomic E-state index is 13.1. The molecular weight excluding hydrogens is 458 g/mol. The highest BCUT2D eigenvalue weighted by Gasteiger charge is 2.27. The van der Waals surface area contributed by atoms with Crippen LogP contribution in [0.3, 0.4) is 0 Å². The lowest BCUT2D eigenvalue weighted by molar-refractivity contribution is -0.130. The summed E-state index contributed by atoms with van der Waals surface area (Å²) in [5, 5.41) is 8.61. The molecule has 3 amide bonds. The summed E-state index contributed by atoms with van der Waals surface area (Å²) < 4.78 is 0. The zero-order chi connectivity index (χ0) is 27.1. The number of hydrogen-bond acceptors (Lipinski definition) is 5. The molecule has 3 atom stereocenters. The van der Waals surface area contributed by atoms with Crippen molar-refractivity contribution in [3.63, 3.8) is 0 Å². The molecule has 0 heterocycles. The third-order valence-electron chi connectivity index (χ3n) is 5.50. The van der Waals surface area contributed by atoms with E-state index in [0.29, 0.717) is 25.8 Å². The van der Waals surface area contributed by atoms with Crippen molar-refractivity contribution in [3.05, 3.63) is 42.0 Å². The first-order valence-corrected chi connectivity index (χ1v) is 12.4. The Balaban J connectivity index is 2.69. The van der Waals surface area contributed by atoms with Crippen LogP contribution in [-0.2, 0) is 14.4 Å². The smallest absolute Gasteiger partial charge is 0.244 e. The largest absolute Gasteiger partial charge is 0.370 e. The van der Waals surface area contributed by atoms with E-state index in [1.54, 1.807) is 6.08 Å². The van der Waals surface area contributed by atoms with Crippen molar-refractivity contribution in [3.8, 4) is 0 Å². The Kier molecular flexibility index (Phi) is 13.9. The first-order valence-electron chi connectivity index (χ1n) is 12.4. The van der Waals surface area contributed by atoms with Crippen LogP contribution in [0.5, 0.6) is 0 Å². The summed E-state index contributed by atoms with van der Waals surface area (Å²) >= 11 is 0. The fourth-order valence-electron chi connectivity index (χ4n) is 3.37. The lowest BCUT2D eigenvalue weighted by Gasteiger charge is -2.27. The van der Waals surface area contributed by atoms with Crippen molar-refractivity contribution in [1.29, 1.82) is 0 Å². The Hall–Kier alpha value is -3.40. The van der Waals surface area contributed by atoms with Crippen LogP contribution in [0.1, 0.15) is 52.5 Å². The highest BCUT2D eigenvalue weighted by Crippen LogP contribution is 2.09. The second kappa shape index (κ2) is 16.3. The van der Waals surface area contributed by atoms with E-state index >= 15 is 0 Å². The summed E-state index contributed by atoms with van der Waals surface area (Å²) in [6.45, 7) is 8.50. The van der Waals surface area contributed by atoms with Gasteiger partial charge < -0.3 is 33.2 Å². The van der Waals surface area contributed by atoms with Crippen LogP contribution in [0.2, 0.25) is 0 Å². The number of nitrogens with one attached hydrogen (secondary N) is 3. The average molecular weight is 502 g/mol. The molecule has 9 N–H and O–H groups in total. The highest BCUT2D eigenvalue weighted by atomic mass is 16.2. The molecule has 1 rings (SSSR count). The lowest BCUT2D eigenvalue weighted by Crippen LogP contribution is -2.56. The van der Waals surface area contributed by atoms with Crippen molar-refractivity contribution in [2.75, 3.05) is 13.1 Å². The van der Waals surface area contributed by atoms with E-state index in [4.69, 9.17) is 17.2 Å². The third-order valence-corrected chi connectivity index (χ3v) is 5.50. The van der Waals surface area contributed by atoms with E-state index in [1.807, 2.05) is 58.0 Å². The van der Waals surface area contributed by atoms with Gasteiger partial charge in [0.1, 0.15) is 6.04 Å². The minimum Gasteiger partial charge on any atom is -0.370 e. The predicted octanol–water partition coefficient (Wildman–Crippen LogP) is 0.869. The Morgan fingerprint density at radius 1 is 1.00 bits per heavy atom. The summed E-state index contributed by atoms with van der Waals surface area (Å²) in [5.41, 5.74) is 17.5. The van der Waals surface area contributed by atoms with Crippen molar-refractivity contribution >= 4 is 29.8 Å². The Labute approximate surface area is 214 Å². The normalized spacial score (nSPS) is 13.8. The average Bonchev–Trinajstić information content (AvgIpc) is 2.82. The van der Waals surface area contributed by atoms with Crippen molar-refractivity contribution in [2.45, 2.75) is 65.1 Å². The second-order valence-electron chi connectivity index (χ2n) is 9.59. The van der Waals surface area contributed by atoms with Crippen LogP contribution in [0.15, 0.2) is 41.4 Å². The highest BCUT2D eigenvalue weighted by molar-refractivity contribution is 5.92. The summed E-state index contributed by atoms with van der Waals surface area (Å²) in [6, 6.07) is 7.67. The summed E-state index contributed by atoms with van der Waals surface area (Å²) in [5.74, 6) is -0.749. The molecule has 10 heteroatoms. The van der Waals surface area contributed by atoms with Gasteiger partial charge in [-0.15, -0.1) is 0 Å². The minimum atomic E-state index is -0.779. The third kappa shape index (κ3) is 12.9. The molecule has 0 bridgehead atoms. The van der Waals surface area contributed by atoms with Gasteiger partial charge in [-0.25, -0.2) is 0 Å². The van der Waals surface area contributed by atoms with Crippen molar-refractivity contribution in [2.24, 2.45) is 34.0 Å². The molecule has 1 aromatic rings. The molecule has 0 radical (unpaired) electrons. The Bertz CT molecular complexity index is 881. The zero-order valence-electron chi connectivity index (χ0n) is 21.9. The van der Waals surface area contributed by atoms with E-state index in [9.17, 15) is 14.4 Å². The van der Waals surface area contributed by atoms with E-state index in [1.165, 1.54) is 6.08 Å². The number of hydrogen-bond donors (Lipinski definition) is 6. The number of rotatable bonds is 15. The Morgan fingerprint density at radius 3 is 2.25 bits per heavy atom. The maximum Gasteiger partial charge on any atom is 0.244 e. The van der Waals surface area contributed by atoms with Crippen LogP contribution in [-0.4, -0.2) is 54.9 Å². The van der Waals surface area contributed by atoms with Gasteiger partial charge in [0.05, 0.1) is 6.04 Å². The van der Waals surface area contributed by atoms with Gasteiger partial charge in [-0.05, 0) is 42.7 Å². The van der Waals surface area contributed by atoms with Crippen molar-refractivity contribution in [1.82, 2.24) is 16.0 Å².